The standard InChI is InChI=1S/C17H21N3O3S/c1-13-5-7-16(23-2)15(11-13)19-17-8-6-14(12-18-17)24(21,22)20-9-3-4-10-20/h5-8,11-12H,3-4,9-10H2,1-2H3,(H,18,19). The number of nitrogens with one attached hydrogen (secondary N) is 1. The van der Waals surface area contributed by atoms with Crippen molar-refractivity contribution < 1.29 is 13.2 Å². The highest BCUT2D eigenvalue weighted by Gasteiger charge is 2.27. The van der Waals surface area contributed by atoms with Crippen LogP contribution in [0.1, 0.15) is 18.4 Å². The van der Waals surface area contributed by atoms with Crippen LogP contribution in [-0.4, -0.2) is 37.9 Å². The minimum Gasteiger partial charge on any atom is -0.495 e. The molecule has 0 saturated carbocycles. The summed E-state index contributed by atoms with van der Waals surface area (Å²) in [5, 5.41) is 3.17. The van der Waals surface area contributed by atoms with Crippen molar-refractivity contribution in [2.75, 3.05) is 25.5 Å². The number of sulfonamides is 1. The number of anilines is 2. The Bertz CT molecular complexity index is 813. The summed E-state index contributed by atoms with van der Waals surface area (Å²) in [5.74, 6) is 1.27. The number of hydrogen-bond acceptors (Lipinski definition) is 5. The van der Waals surface area contributed by atoms with Crippen molar-refractivity contribution in [3.05, 3.63) is 42.1 Å². The molecule has 0 amide bonds. The molecule has 1 aromatic carbocycles. The van der Waals surface area contributed by atoms with E-state index in [9.17, 15) is 8.42 Å². The molecule has 0 bridgehead atoms. The fourth-order valence-corrected chi connectivity index (χ4v) is 4.20. The summed E-state index contributed by atoms with van der Waals surface area (Å²) in [6.07, 6.45) is 3.23. The van der Waals surface area contributed by atoms with E-state index in [0.717, 1.165) is 24.1 Å². The van der Waals surface area contributed by atoms with Gasteiger partial charge in [0, 0.05) is 19.3 Å². The zero-order chi connectivity index (χ0) is 17.2. The predicted molar refractivity (Wildman–Crippen MR) is 93.2 cm³/mol. The normalized spacial score (nSPS) is 15.4. The van der Waals surface area contributed by atoms with Crippen LogP contribution in [0.2, 0.25) is 0 Å². The molecule has 1 aliphatic rings. The molecule has 2 aromatic rings. The van der Waals surface area contributed by atoms with Gasteiger partial charge in [0.2, 0.25) is 10.0 Å². The summed E-state index contributed by atoms with van der Waals surface area (Å²) in [4.78, 5) is 4.47. The highest BCUT2D eigenvalue weighted by atomic mass is 32.2. The van der Waals surface area contributed by atoms with Gasteiger partial charge >= 0.3 is 0 Å². The third-order valence-electron chi connectivity index (χ3n) is 4.06. The molecule has 0 aliphatic carbocycles. The summed E-state index contributed by atoms with van der Waals surface area (Å²) in [6, 6.07) is 9.05. The zero-order valence-corrected chi connectivity index (χ0v) is 14.6. The first-order valence-corrected chi connectivity index (χ1v) is 9.32. The molecule has 1 N–H and O–H groups in total. The third-order valence-corrected chi connectivity index (χ3v) is 5.94. The van der Waals surface area contributed by atoms with Crippen molar-refractivity contribution in [3.63, 3.8) is 0 Å². The van der Waals surface area contributed by atoms with Crippen molar-refractivity contribution in [3.8, 4) is 5.75 Å². The molecule has 7 heteroatoms. The minimum atomic E-state index is -3.43. The lowest BCUT2D eigenvalue weighted by molar-refractivity contribution is 0.416. The van der Waals surface area contributed by atoms with Crippen LogP contribution in [0.3, 0.4) is 0 Å². The van der Waals surface area contributed by atoms with Gasteiger partial charge in [-0.05, 0) is 49.6 Å². The van der Waals surface area contributed by atoms with E-state index in [4.69, 9.17) is 4.74 Å². The third kappa shape index (κ3) is 3.37. The van der Waals surface area contributed by atoms with Crippen molar-refractivity contribution in [2.24, 2.45) is 0 Å². The molecule has 1 fully saturated rings. The maximum Gasteiger partial charge on any atom is 0.244 e. The Hall–Kier alpha value is -2.12. The van der Waals surface area contributed by atoms with Gasteiger partial charge in [0.25, 0.3) is 0 Å². The molecule has 0 atom stereocenters. The summed E-state index contributed by atoms with van der Waals surface area (Å²) in [6.45, 7) is 3.16. The molecule has 2 heterocycles. The average Bonchev–Trinajstić information content (AvgIpc) is 3.11. The number of rotatable bonds is 5. The topological polar surface area (TPSA) is 71.5 Å². The molecular weight excluding hydrogens is 326 g/mol. The smallest absolute Gasteiger partial charge is 0.244 e. The van der Waals surface area contributed by atoms with Crippen LogP contribution in [0.5, 0.6) is 5.75 Å². The lowest BCUT2D eigenvalue weighted by Crippen LogP contribution is -2.27. The van der Waals surface area contributed by atoms with E-state index in [1.165, 1.54) is 10.5 Å². The maximum absolute atomic E-state index is 12.5. The van der Waals surface area contributed by atoms with Gasteiger partial charge in [0.15, 0.2) is 0 Å². The molecule has 24 heavy (non-hydrogen) atoms. The average molecular weight is 347 g/mol. The summed E-state index contributed by atoms with van der Waals surface area (Å²) < 4.78 is 31.8. The number of aromatic nitrogens is 1. The van der Waals surface area contributed by atoms with Gasteiger partial charge in [-0.3, -0.25) is 0 Å². The first-order chi connectivity index (χ1) is 11.5. The molecule has 3 rings (SSSR count). The number of methoxy groups -OCH3 is 1. The van der Waals surface area contributed by atoms with Gasteiger partial charge in [0.05, 0.1) is 12.8 Å². The number of benzene rings is 1. The van der Waals surface area contributed by atoms with Gasteiger partial charge in [-0.1, -0.05) is 6.07 Å². The van der Waals surface area contributed by atoms with Gasteiger partial charge in [-0.2, -0.15) is 4.31 Å². The molecule has 128 valence electrons. The molecule has 1 aromatic heterocycles. The van der Waals surface area contributed by atoms with Gasteiger partial charge in [-0.25, -0.2) is 13.4 Å². The second kappa shape index (κ2) is 6.78. The Balaban J connectivity index is 1.81. The Morgan fingerprint density at radius 3 is 2.54 bits per heavy atom. The van der Waals surface area contributed by atoms with Crippen molar-refractivity contribution >= 4 is 21.5 Å². The van der Waals surface area contributed by atoms with E-state index < -0.39 is 10.0 Å². The van der Waals surface area contributed by atoms with E-state index >= 15 is 0 Å². The SMILES string of the molecule is COc1ccc(C)cc1Nc1ccc(S(=O)(=O)N2CCCC2)cn1. The highest BCUT2D eigenvalue weighted by Crippen LogP contribution is 2.28. The van der Waals surface area contributed by atoms with Gasteiger partial charge < -0.3 is 10.1 Å². The van der Waals surface area contributed by atoms with E-state index in [1.807, 2.05) is 25.1 Å². The lowest BCUT2D eigenvalue weighted by Gasteiger charge is -2.16. The fourth-order valence-electron chi connectivity index (χ4n) is 2.74. The quantitative estimate of drug-likeness (QED) is 0.900. The Kier molecular flexibility index (Phi) is 4.73. The number of nitrogens with zero attached hydrogens (tertiary/aromatic N) is 2. The largest absolute Gasteiger partial charge is 0.495 e. The maximum atomic E-state index is 12.5. The monoisotopic (exact) mass is 347 g/mol. The number of pyridine rings is 1. The molecule has 0 spiro atoms. The Labute approximate surface area is 142 Å². The van der Waals surface area contributed by atoms with E-state index in [1.54, 1.807) is 19.2 Å². The Morgan fingerprint density at radius 2 is 1.92 bits per heavy atom. The molecule has 0 unspecified atom stereocenters. The van der Waals surface area contributed by atoms with E-state index in [2.05, 4.69) is 10.3 Å². The zero-order valence-electron chi connectivity index (χ0n) is 13.8. The van der Waals surface area contributed by atoms with Crippen LogP contribution in [0.25, 0.3) is 0 Å². The summed E-state index contributed by atoms with van der Waals surface area (Å²) in [7, 11) is -1.82. The number of ether oxygens (including phenoxy) is 1. The number of aryl methyl sites for hydroxylation is 1. The Morgan fingerprint density at radius 1 is 1.17 bits per heavy atom. The van der Waals surface area contributed by atoms with E-state index in [-0.39, 0.29) is 4.90 Å². The van der Waals surface area contributed by atoms with Crippen LogP contribution in [0.15, 0.2) is 41.4 Å². The van der Waals surface area contributed by atoms with Crippen LogP contribution in [0.4, 0.5) is 11.5 Å². The second-order valence-electron chi connectivity index (χ2n) is 5.82. The van der Waals surface area contributed by atoms with Gasteiger partial charge in [0.1, 0.15) is 16.5 Å². The van der Waals surface area contributed by atoms with Crippen LogP contribution < -0.4 is 10.1 Å². The van der Waals surface area contributed by atoms with Gasteiger partial charge in [-0.15, -0.1) is 0 Å². The van der Waals surface area contributed by atoms with E-state index in [0.29, 0.717) is 24.7 Å². The first kappa shape index (κ1) is 16.7. The van der Waals surface area contributed by atoms with Crippen LogP contribution in [0, 0.1) is 6.92 Å². The number of hydrogen-bond donors (Lipinski definition) is 1. The van der Waals surface area contributed by atoms with Crippen molar-refractivity contribution in [2.45, 2.75) is 24.7 Å². The molecule has 1 saturated heterocycles. The second-order valence-corrected chi connectivity index (χ2v) is 7.76. The summed E-state index contributed by atoms with van der Waals surface area (Å²) >= 11 is 0. The highest BCUT2D eigenvalue weighted by molar-refractivity contribution is 7.89. The molecular formula is C17H21N3O3S. The van der Waals surface area contributed by atoms with Crippen LogP contribution in [-0.2, 0) is 10.0 Å². The minimum absolute atomic E-state index is 0.228. The fraction of sp³-hybridized carbons (Fsp3) is 0.353. The van der Waals surface area contributed by atoms with Crippen LogP contribution >= 0.6 is 0 Å². The van der Waals surface area contributed by atoms with Crippen molar-refractivity contribution in [1.29, 1.82) is 0 Å². The molecule has 1 aliphatic heterocycles. The van der Waals surface area contributed by atoms with Crippen molar-refractivity contribution in [1.82, 2.24) is 9.29 Å². The predicted octanol–water partition coefficient (Wildman–Crippen LogP) is 2.93. The lowest BCUT2D eigenvalue weighted by atomic mass is 10.2. The molecule has 6 nitrogen and oxygen atoms in total. The molecule has 0 radical (unpaired) electrons. The first-order valence-electron chi connectivity index (χ1n) is 7.88. The summed E-state index contributed by atoms with van der Waals surface area (Å²) in [5.41, 5.74) is 1.88.